The van der Waals surface area contributed by atoms with Crippen LogP contribution in [0.25, 0.3) is 0 Å². The van der Waals surface area contributed by atoms with Crippen molar-refractivity contribution in [3.8, 4) is 0 Å². The first kappa shape index (κ1) is 22.9. The van der Waals surface area contributed by atoms with E-state index in [9.17, 15) is 0 Å². The summed E-state index contributed by atoms with van der Waals surface area (Å²) in [6.45, 7) is 2.28. The third kappa shape index (κ3) is 15.2. The van der Waals surface area contributed by atoms with Gasteiger partial charge in [0.1, 0.15) is 0 Å². The Morgan fingerprint density at radius 2 is 0.958 bits per heavy atom. The van der Waals surface area contributed by atoms with Crippen molar-refractivity contribution in [2.24, 2.45) is 0 Å². The summed E-state index contributed by atoms with van der Waals surface area (Å²) in [6, 6.07) is 1.13. The molecule has 0 saturated carbocycles. The number of hydrogen-bond donors (Lipinski definition) is 0. The van der Waals surface area contributed by atoms with E-state index in [2.05, 4.69) is 6.92 Å². The lowest BCUT2D eigenvalue weighted by atomic mass is 10.1. The summed E-state index contributed by atoms with van der Waals surface area (Å²) in [4.78, 5) is 0. The summed E-state index contributed by atoms with van der Waals surface area (Å²) in [5, 5.41) is 0. The van der Waals surface area contributed by atoms with Crippen LogP contribution in [0.1, 0.15) is 84.0 Å². The van der Waals surface area contributed by atoms with E-state index >= 15 is 0 Å². The first-order valence-corrected chi connectivity index (χ1v) is 16.3. The molecule has 0 spiro atoms. The van der Waals surface area contributed by atoms with Crippen molar-refractivity contribution in [2.45, 2.75) is 90.0 Å². The molecule has 0 N–H and O–H groups in total. The number of hydrogen-bond acceptors (Lipinski definition) is 5. The molecule has 0 aromatic heterocycles. The summed E-state index contributed by atoms with van der Waals surface area (Å²) in [5.74, 6) is 0. The van der Waals surface area contributed by atoms with E-state index in [1.54, 1.807) is 0 Å². The van der Waals surface area contributed by atoms with Gasteiger partial charge in [-0.05, 0) is 6.04 Å². The third-order valence-electron chi connectivity index (χ3n) is 4.30. The molecule has 144 valence electrons. The predicted octanol–water partition coefficient (Wildman–Crippen LogP) is 1.000. The quantitative estimate of drug-likeness (QED) is 0.325. The van der Waals surface area contributed by atoms with Crippen LogP contribution in [0, 0.1) is 0 Å². The van der Waals surface area contributed by atoms with Crippen molar-refractivity contribution >= 4 is 49.3 Å². The minimum Gasteiger partial charge on any atom is -0.425 e. The highest BCUT2D eigenvalue weighted by Gasteiger charge is 2.14. The maximum Gasteiger partial charge on any atom is 0.303 e. The average molecular weight is 427 g/mol. The van der Waals surface area contributed by atoms with E-state index in [1.165, 1.54) is 77.0 Å². The topological polar surface area (TPSA) is 46.2 Å². The van der Waals surface area contributed by atoms with E-state index in [0.29, 0.717) is 0 Å². The smallest absolute Gasteiger partial charge is 0.303 e. The van der Waals surface area contributed by atoms with Gasteiger partial charge in [0, 0.05) is 0 Å². The van der Waals surface area contributed by atoms with Gasteiger partial charge in [-0.2, -0.15) is 0 Å². The molecule has 1 heterocycles. The molecule has 1 fully saturated rings. The van der Waals surface area contributed by atoms with Crippen LogP contribution in [0.2, 0.25) is 6.04 Å². The highest BCUT2D eigenvalue weighted by atomic mass is 28.4. The summed E-state index contributed by atoms with van der Waals surface area (Å²) in [6.07, 6.45) is 16.7. The monoisotopic (exact) mass is 426 g/mol. The Kier molecular flexibility index (Phi) is 17.8. The molecule has 0 bridgehead atoms. The molecule has 0 aromatic rings. The van der Waals surface area contributed by atoms with E-state index in [-0.39, 0.29) is 0 Å². The van der Waals surface area contributed by atoms with Crippen LogP contribution in [0.3, 0.4) is 0 Å². The lowest BCUT2D eigenvalue weighted by Crippen LogP contribution is -2.32. The summed E-state index contributed by atoms with van der Waals surface area (Å²) in [5.41, 5.74) is 0. The molecule has 10 heteroatoms. The molecule has 0 unspecified atom stereocenters. The van der Waals surface area contributed by atoms with Gasteiger partial charge >= 0.3 is 9.28 Å². The minimum atomic E-state index is -1.47. The van der Waals surface area contributed by atoms with Crippen LogP contribution in [0.4, 0.5) is 0 Å². The normalized spacial score (nSPS) is 24.1. The van der Waals surface area contributed by atoms with Gasteiger partial charge in [0.05, 0.1) is 0 Å². The van der Waals surface area contributed by atoms with Crippen LogP contribution in [-0.4, -0.2) is 49.3 Å². The zero-order valence-electron chi connectivity index (χ0n) is 15.6. The second-order valence-corrected chi connectivity index (χ2v) is 16.5. The Morgan fingerprint density at radius 1 is 0.542 bits per heavy atom. The van der Waals surface area contributed by atoms with Crippen LogP contribution in [0.15, 0.2) is 0 Å². The second kappa shape index (κ2) is 18.7. The highest BCUT2D eigenvalue weighted by molar-refractivity contribution is 6.59. The van der Waals surface area contributed by atoms with Crippen LogP contribution >= 0.6 is 0 Å². The molecule has 0 atom stereocenters. The van der Waals surface area contributed by atoms with Gasteiger partial charge in [-0.3, -0.25) is 0 Å². The molecule has 0 radical (unpaired) electrons. The van der Waals surface area contributed by atoms with Gasteiger partial charge in [0.25, 0.3) is 40.0 Å². The molecule has 24 heavy (non-hydrogen) atoms. The molecule has 5 nitrogen and oxygen atoms in total. The molecule has 1 aliphatic rings. The number of unbranched alkanes of at least 4 members (excludes halogenated alkanes) is 11. The maximum atomic E-state index is 5.88. The Bertz CT molecular complexity index is 256. The second-order valence-electron chi connectivity index (χ2n) is 6.52. The van der Waals surface area contributed by atoms with Crippen LogP contribution < -0.4 is 0 Å². The summed E-state index contributed by atoms with van der Waals surface area (Å²) in [7, 11) is -4.72. The van der Waals surface area contributed by atoms with Crippen molar-refractivity contribution in [1.29, 1.82) is 0 Å². The lowest BCUT2D eigenvalue weighted by Gasteiger charge is -2.19. The van der Waals surface area contributed by atoms with Gasteiger partial charge in [0.2, 0.25) is 0 Å². The molecule has 1 aliphatic heterocycles. The van der Waals surface area contributed by atoms with Crippen LogP contribution in [-0.2, 0) is 20.6 Å². The zero-order chi connectivity index (χ0) is 17.1. The highest BCUT2D eigenvalue weighted by Crippen LogP contribution is 2.13. The van der Waals surface area contributed by atoms with E-state index < -0.39 is 49.3 Å². The van der Waals surface area contributed by atoms with Gasteiger partial charge in [-0.25, -0.2) is 0 Å². The lowest BCUT2D eigenvalue weighted by molar-refractivity contribution is 0.330. The SMILES string of the molecule is CCCCCCCCCCCCCC[SiH]1O[SiH2]O[SiH2]O[SiH2]O[SiH2]O1. The first-order chi connectivity index (χ1) is 11.9. The van der Waals surface area contributed by atoms with Crippen LogP contribution in [0.5, 0.6) is 0 Å². The van der Waals surface area contributed by atoms with E-state index in [1.807, 2.05) is 0 Å². The molecular formula is C14H38O5Si5. The first-order valence-electron chi connectivity index (χ1n) is 9.90. The van der Waals surface area contributed by atoms with Gasteiger partial charge in [-0.1, -0.05) is 84.0 Å². The fraction of sp³-hybridized carbons (Fsp3) is 1.00. The molecule has 1 rings (SSSR count). The molecule has 0 aromatic carbocycles. The van der Waals surface area contributed by atoms with Crippen molar-refractivity contribution in [3.05, 3.63) is 0 Å². The van der Waals surface area contributed by atoms with Gasteiger partial charge in [-0.15, -0.1) is 0 Å². The van der Waals surface area contributed by atoms with E-state index in [0.717, 1.165) is 6.04 Å². The average Bonchev–Trinajstić information content (AvgIpc) is 2.61. The largest absolute Gasteiger partial charge is 0.425 e. The molecule has 1 saturated heterocycles. The van der Waals surface area contributed by atoms with Crippen molar-refractivity contribution in [2.75, 3.05) is 0 Å². The number of rotatable bonds is 13. The van der Waals surface area contributed by atoms with Gasteiger partial charge in [0.15, 0.2) is 0 Å². The van der Waals surface area contributed by atoms with Crippen molar-refractivity contribution in [1.82, 2.24) is 0 Å². The fourth-order valence-electron chi connectivity index (χ4n) is 2.83. The molecule has 0 aliphatic carbocycles. The Balaban J connectivity index is 1.84. The van der Waals surface area contributed by atoms with Gasteiger partial charge < -0.3 is 20.6 Å². The van der Waals surface area contributed by atoms with Crippen molar-refractivity contribution in [3.63, 3.8) is 0 Å². The maximum absolute atomic E-state index is 5.88. The summed E-state index contributed by atoms with van der Waals surface area (Å²) >= 11 is 0. The fourth-order valence-corrected chi connectivity index (χ4v) is 13.6. The third-order valence-corrected chi connectivity index (χ3v) is 13.2. The standard InChI is InChI=1S/C14H38O5Si5/c1-2-3-4-5-6-7-8-9-10-11-12-13-14-24-18-22-16-20-15-21-17-23-19-24/h24H,2-14,20-23H2,1H3. The van der Waals surface area contributed by atoms with Crippen molar-refractivity contribution < 1.29 is 20.6 Å². The predicted molar refractivity (Wildman–Crippen MR) is 113 cm³/mol. The molecular weight excluding hydrogens is 389 g/mol. The Labute approximate surface area is 160 Å². The zero-order valence-corrected chi connectivity index (χ0v) is 22.5. The Morgan fingerprint density at radius 3 is 1.46 bits per heavy atom. The minimum absolute atomic E-state index is 0.791. The van der Waals surface area contributed by atoms with E-state index in [4.69, 9.17) is 20.6 Å². The molecule has 0 amide bonds. The Hall–Kier alpha value is 0.884. The summed E-state index contributed by atoms with van der Waals surface area (Å²) < 4.78 is 28.2.